The fraction of sp³-hybridized carbons (Fsp3) is 0.400. The number of nitrogens with two attached hydrogens (primary N) is 1. The number of aliphatic hydroxyl groups excluding tert-OH is 1. The first-order chi connectivity index (χ1) is 9.50. The van der Waals surface area contributed by atoms with Gasteiger partial charge in [-0.2, -0.15) is 0 Å². The minimum absolute atomic E-state index is 0.109. The van der Waals surface area contributed by atoms with E-state index in [1.807, 2.05) is 0 Å². The summed E-state index contributed by atoms with van der Waals surface area (Å²) in [7, 11) is 0. The molecule has 0 bridgehead atoms. The van der Waals surface area contributed by atoms with Crippen molar-refractivity contribution in [3.05, 3.63) is 12.7 Å². The van der Waals surface area contributed by atoms with E-state index < -0.39 is 30.6 Å². The van der Waals surface area contributed by atoms with Gasteiger partial charge in [-0.3, -0.25) is 4.57 Å². The van der Waals surface area contributed by atoms with Crippen molar-refractivity contribution in [2.75, 3.05) is 5.73 Å². The van der Waals surface area contributed by atoms with Gasteiger partial charge in [0.15, 0.2) is 30.0 Å². The monoisotopic (exact) mass is 283 g/mol. The molecule has 4 atom stereocenters. The number of halogens is 1. The molecule has 0 radical (unpaired) electrons. The number of alkyl halides is 1. The summed E-state index contributed by atoms with van der Waals surface area (Å²) in [6, 6.07) is 0. The Morgan fingerprint density at radius 2 is 2.20 bits per heavy atom. The molecule has 1 aliphatic heterocycles. The van der Waals surface area contributed by atoms with Crippen molar-refractivity contribution < 1.29 is 24.1 Å². The fourth-order valence-electron chi connectivity index (χ4n) is 2.12. The second kappa shape index (κ2) is 4.35. The molecule has 0 unspecified atom stereocenters. The zero-order valence-electron chi connectivity index (χ0n) is 9.92. The SMILES string of the molecule is Nc1ncnc2c1ncn2[C@@H]1O[C@H](C(=O)O)[C@@H](O)[C@H]1F. The summed E-state index contributed by atoms with van der Waals surface area (Å²) >= 11 is 0. The van der Waals surface area contributed by atoms with Gasteiger partial charge in [-0.25, -0.2) is 24.1 Å². The van der Waals surface area contributed by atoms with Crippen LogP contribution in [0.5, 0.6) is 0 Å². The van der Waals surface area contributed by atoms with Crippen LogP contribution in [0.15, 0.2) is 12.7 Å². The van der Waals surface area contributed by atoms with Crippen LogP contribution in [0.3, 0.4) is 0 Å². The maximum Gasteiger partial charge on any atom is 0.335 e. The van der Waals surface area contributed by atoms with E-state index in [1.54, 1.807) is 0 Å². The molecule has 10 heteroatoms. The largest absolute Gasteiger partial charge is 0.479 e. The number of carboxylic acids is 1. The van der Waals surface area contributed by atoms with Crippen molar-refractivity contribution in [1.82, 2.24) is 19.5 Å². The van der Waals surface area contributed by atoms with Crippen LogP contribution in [0.2, 0.25) is 0 Å². The molecule has 0 amide bonds. The van der Waals surface area contributed by atoms with Gasteiger partial charge < -0.3 is 20.7 Å². The summed E-state index contributed by atoms with van der Waals surface area (Å²) in [6.45, 7) is 0. The highest BCUT2D eigenvalue weighted by Crippen LogP contribution is 2.33. The number of carboxylic acid groups (broad SMARTS) is 1. The molecule has 0 saturated carbocycles. The number of nitrogens with zero attached hydrogens (tertiary/aromatic N) is 4. The predicted octanol–water partition coefficient (Wildman–Crippen LogP) is -0.910. The number of rotatable bonds is 2. The molecule has 0 aromatic carbocycles. The quantitative estimate of drug-likeness (QED) is 0.644. The van der Waals surface area contributed by atoms with Gasteiger partial charge in [-0.1, -0.05) is 0 Å². The highest BCUT2D eigenvalue weighted by atomic mass is 19.1. The third kappa shape index (κ3) is 1.69. The third-order valence-corrected chi connectivity index (χ3v) is 3.10. The lowest BCUT2D eigenvalue weighted by molar-refractivity contribution is -0.155. The van der Waals surface area contributed by atoms with E-state index in [2.05, 4.69) is 15.0 Å². The number of aliphatic hydroxyl groups is 1. The summed E-state index contributed by atoms with van der Waals surface area (Å²) in [5.41, 5.74) is 6.05. The van der Waals surface area contributed by atoms with Crippen molar-refractivity contribution in [2.24, 2.45) is 0 Å². The van der Waals surface area contributed by atoms with E-state index in [4.69, 9.17) is 15.6 Å². The average Bonchev–Trinajstić information content (AvgIpc) is 2.94. The van der Waals surface area contributed by atoms with Gasteiger partial charge >= 0.3 is 5.97 Å². The molecule has 3 rings (SSSR count). The summed E-state index contributed by atoms with van der Waals surface area (Å²) in [5, 5.41) is 18.4. The lowest BCUT2D eigenvalue weighted by atomic mass is 10.1. The van der Waals surface area contributed by atoms with Crippen molar-refractivity contribution in [1.29, 1.82) is 0 Å². The van der Waals surface area contributed by atoms with E-state index in [-0.39, 0.29) is 17.0 Å². The number of ether oxygens (including phenoxy) is 1. The lowest BCUT2D eigenvalue weighted by Gasteiger charge is -2.14. The number of nitrogen functional groups attached to an aromatic ring is 1. The van der Waals surface area contributed by atoms with Crippen LogP contribution in [0.1, 0.15) is 6.23 Å². The highest BCUT2D eigenvalue weighted by Gasteiger charge is 2.49. The molecule has 9 nitrogen and oxygen atoms in total. The van der Waals surface area contributed by atoms with Crippen molar-refractivity contribution in [3.63, 3.8) is 0 Å². The number of aromatic nitrogens is 4. The molecule has 106 valence electrons. The number of hydrogen-bond acceptors (Lipinski definition) is 7. The first-order valence-electron chi connectivity index (χ1n) is 5.64. The van der Waals surface area contributed by atoms with Crippen LogP contribution < -0.4 is 5.73 Å². The number of imidazole rings is 1. The Labute approximate surface area is 110 Å². The molecule has 2 aromatic rings. The predicted molar refractivity (Wildman–Crippen MR) is 62.2 cm³/mol. The molecule has 4 N–H and O–H groups in total. The van der Waals surface area contributed by atoms with Gasteiger partial charge in [-0.05, 0) is 0 Å². The minimum atomic E-state index is -1.93. The van der Waals surface area contributed by atoms with E-state index in [1.165, 1.54) is 17.2 Å². The highest BCUT2D eigenvalue weighted by molar-refractivity contribution is 5.81. The van der Waals surface area contributed by atoms with E-state index in [9.17, 15) is 14.3 Å². The normalized spacial score (nSPS) is 29.9. The molecular weight excluding hydrogens is 273 g/mol. The summed E-state index contributed by atoms with van der Waals surface area (Å²) in [4.78, 5) is 22.4. The Balaban J connectivity index is 2.04. The molecular formula is C10H10FN5O4. The molecule has 1 fully saturated rings. The second-order valence-electron chi connectivity index (χ2n) is 4.30. The van der Waals surface area contributed by atoms with E-state index >= 15 is 0 Å². The number of hydrogen-bond donors (Lipinski definition) is 3. The smallest absolute Gasteiger partial charge is 0.335 e. The summed E-state index contributed by atoms with van der Waals surface area (Å²) < 4.78 is 20.2. The molecule has 1 aliphatic rings. The van der Waals surface area contributed by atoms with Gasteiger partial charge in [0, 0.05) is 0 Å². The first kappa shape index (κ1) is 12.7. The standard InChI is InChI=1S/C10H10FN5O4/c11-3-5(17)6(10(18)19)20-9(3)16-2-15-4-7(12)13-1-14-8(4)16/h1-3,5-6,9,17H,(H,18,19)(H2,12,13,14)/t3-,5+,6+,9-/m1/s1. The first-order valence-corrected chi connectivity index (χ1v) is 5.64. The van der Waals surface area contributed by atoms with Crippen molar-refractivity contribution in [3.8, 4) is 0 Å². The van der Waals surface area contributed by atoms with E-state index in [0.29, 0.717) is 0 Å². The van der Waals surface area contributed by atoms with Gasteiger partial charge in [0.1, 0.15) is 17.9 Å². The summed E-state index contributed by atoms with van der Waals surface area (Å²) in [5.74, 6) is -1.33. The molecule has 0 spiro atoms. The Kier molecular flexibility index (Phi) is 2.76. The van der Waals surface area contributed by atoms with Crippen molar-refractivity contribution >= 4 is 23.0 Å². The van der Waals surface area contributed by atoms with Crippen LogP contribution >= 0.6 is 0 Å². The van der Waals surface area contributed by atoms with Gasteiger partial charge in [0.05, 0.1) is 6.33 Å². The zero-order valence-corrected chi connectivity index (χ0v) is 9.92. The topological polar surface area (TPSA) is 136 Å². The molecule has 0 aliphatic carbocycles. The minimum Gasteiger partial charge on any atom is -0.479 e. The average molecular weight is 283 g/mol. The number of anilines is 1. The van der Waals surface area contributed by atoms with Gasteiger partial charge in [0.2, 0.25) is 0 Å². The molecule has 1 saturated heterocycles. The fourth-order valence-corrected chi connectivity index (χ4v) is 2.12. The summed E-state index contributed by atoms with van der Waals surface area (Å²) in [6.07, 6.45) is -4.30. The third-order valence-electron chi connectivity index (χ3n) is 3.10. The zero-order chi connectivity index (χ0) is 14.4. The van der Waals surface area contributed by atoms with Crippen LogP contribution in [-0.2, 0) is 9.53 Å². The maximum atomic E-state index is 14.0. The number of fused-ring (bicyclic) bond motifs is 1. The van der Waals surface area contributed by atoms with Crippen LogP contribution in [-0.4, -0.2) is 54.1 Å². The van der Waals surface area contributed by atoms with Crippen LogP contribution in [0.25, 0.3) is 11.2 Å². The van der Waals surface area contributed by atoms with E-state index in [0.717, 1.165) is 0 Å². The van der Waals surface area contributed by atoms with Gasteiger partial charge in [-0.15, -0.1) is 0 Å². The number of aliphatic carboxylic acids is 1. The molecule has 2 aromatic heterocycles. The maximum absolute atomic E-state index is 14.0. The Morgan fingerprint density at radius 1 is 1.45 bits per heavy atom. The van der Waals surface area contributed by atoms with Crippen LogP contribution in [0, 0.1) is 0 Å². The Bertz CT molecular complexity index is 677. The Morgan fingerprint density at radius 3 is 2.85 bits per heavy atom. The van der Waals surface area contributed by atoms with Crippen molar-refractivity contribution in [2.45, 2.75) is 24.6 Å². The lowest BCUT2D eigenvalue weighted by Crippen LogP contribution is -2.34. The molecule has 20 heavy (non-hydrogen) atoms. The number of carbonyl (C=O) groups is 1. The second-order valence-corrected chi connectivity index (χ2v) is 4.30. The van der Waals surface area contributed by atoms with Gasteiger partial charge in [0.25, 0.3) is 0 Å². The Hall–Kier alpha value is -2.33. The molecule has 3 heterocycles. The van der Waals surface area contributed by atoms with Crippen LogP contribution in [0.4, 0.5) is 10.2 Å².